The summed E-state index contributed by atoms with van der Waals surface area (Å²) >= 11 is 5.97. The number of rotatable bonds is 11. The monoisotopic (exact) mass is 298 g/mol. The highest BCUT2D eigenvalue weighted by Crippen LogP contribution is 2.32. The van der Waals surface area contributed by atoms with E-state index in [0.717, 1.165) is 30.1 Å². The van der Waals surface area contributed by atoms with Gasteiger partial charge in [-0.05, 0) is 19.4 Å². The van der Waals surface area contributed by atoms with Crippen LogP contribution in [0.5, 0.6) is 11.5 Å². The molecule has 0 aromatic heterocycles. The van der Waals surface area contributed by atoms with Crippen molar-refractivity contribution in [1.29, 1.82) is 0 Å². The zero-order valence-corrected chi connectivity index (χ0v) is 13.5. The maximum absolute atomic E-state index is 5.97. The molecule has 1 aromatic carbocycles. The van der Waals surface area contributed by atoms with E-state index < -0.39 is 0 Å². The molecule has 0 aliphatic heterocycles. The van der Waals surface area contributed by atoms with Gasteiger partial charge in [0, 0.05) is 5.56 Å². The molecule has 0 saturated heterocycles. The van der Waals surface area contributed by atoms with E-state index in [9.17, 15) is 0 Å². The van der Waals surface area contributed by atoms with Crippen molar-refractivity contribution in [3.8, 4) is 11.5 Å². The largest absolute Gasteiger partial charge is 0.490 e. The average molecular weight is 299 g/mol. The van der Waals surface area contributed by atoms with E-state index in [0.29, 0.717) is 12.5 Å². The van der Waals surface area contributed by atoms with Gasteiger partial charge in [0.25, 0.3) is 0 Å². The van der Waals surface area contributed by atoms with E-state index in [1.54, 1.807) is 0 Å². The van der Waals surface area contributed by atoms with Crippen LogP contribution in [-0.4, -0.2) is 13.2 Å². The maximum Gasteiger partial charge on any atom is 0.165 e. The fourth-order valence-corrected chi connectivity index (χ4v) is 2.37. The van der Waals surface area contributed by atoms with Crippen molar-refractivity contribution >= 4 is 11.6 Å². The zero-order chi connectivity index (χ0) is 14.6. The van der Waals surface area contributed by atoms with Crippen molar-refractivity contribution < 1.29 is 9.47 Å². The Morgan fingerprint density at radius 3 is 2.40 bits per heavy atom. The first-order valence-electron chi connectivity index (χ1n) is 7.76. The van der Waals surface area contributed by atoms with Crippen molar-refractivity contribution in [3.63, 3.8) is 0 Å². The standard InChI is InChI=1S/C17H27ClO2/c1-3-5-6-7-8-9-13-20-17-15(14-18)11-10-12-16(17)19-4-2/h10-12H,3-9,13-14H2,1-2H3. The summed E-state index contributed by atoms with van der Waals surface area (Å²) in [7, 11) is 0. The van der Waals surface area contributed by atoms with Crippen molar-refractivity contribution in [2.75, 3.05) is 13.2 Å². The number of halogens is 1. The fourth-order valence-electron chi connectivity index (χ4n) is 2.16. The molecule has 2 nitrogen and oxygen atoms in total. The van der Waals surface area contributed by atoms with E-state index in [4.69, 9.17) is 21.1 Å². The lowest BCUT2D eigenvalue weighted by atomic mass is 10.1. The molecule has 0 radical (unpaired) electrons. The third-order valence-electron chi connectivity index (χ3n) is 3.25. The van der Waals surface area contributed by atoms with Gasteiger partial charge >= 0.3 is 0 Å². The Balaban J connectivity index is 2.41. The molecule has 0 unspecified atom stereocenters. The lowest BCUT2D eigenvalue weighted by Crippen LogP contribution is -2.03. The summed E-state index contributed by atoms with van der Waals surface area (Å²) in [5.74, 6) is 2.07. The normalized spacial score (nSPS) is 10.6. The molecule has 0 atom stereocenters. The van der Waals surface area contributed by atoms with Crippen LogP contribution in [0.25, 0.3) is 0 Å². The van der Waals surface area contributed by atoms with Crippen molar-refractivity contribution in [3.05, 3.63) is 23.8 Å². The Bertz CT molecular complexity index is 366. The summed E-state index contributed by atoms with van der Waals surface area (Å²) < 4.78 is 11.5. The van der Waals surface area contributed by atoms with Crippen LogP contribution >= 0.6 is 11.6 Å². The van der Waals surface area contributed by atoms with Crippen LogP contribution in [0.15, 0.2) is 18.2 Å². The molecular weight excluding hydrogens is 272 g/mol. The summed E-state index contributed by atoms with van der Waals surface area (Å²) in [6.45, 7) is 5.59. The number of unbranched alkanes of at least 4 members (excludes halogenated alkanes) is 5. The minimum Gasteiger partial charge on any atom is -0.490 e. The molecule has 1 rings (SSSR count). The van der Waals surface area contributed by atoms with Gasteiger partial charge in [-0.25, -0.2) is 0 Å². The first kappa shape index (κ1) is 17.2. The molecule has 0 bridgehead atoms. The topological polar surface area (TPSA) is 18.5 Å². The Kier molecular flexibility index (Phi) is 9.31. The Morgan fingerprint density at radius 2 is 1.70 bits per heavy atom. The third kappa shape index (κ3) is 6.04. The maximum atomic E-state index is 5.97. The van der Waals surface area contributed by atoms with E-state index in [-0.39, 0.29) is 0 Å². The molecule has 3 heteroatoms. The number of hydrogen-bond donors (Lipinski definition) is 0. The lowest BCUT2D eigenvalue weighted by Gasteiger charge is -2.14. The first-order chi connectivity index (χ1) is 9.83. The number of para-hydroxylation sites is 1. The molecular formula is C17H27ClO2. The van der Waals surface area contributed by atoms with Crippen LogP contribution in [-0.2, 0) is 5.88 Å². The Morgan fingerprint density at radius 1 is 0.950 bits per heavy atom. The third-order valence-corrected chi connectivity index (χ3v) is 3.54. The highest BCUT2D eigenvalue weighted by Gasteiger charge is 2.10. The van der Waals surface area contributed by atoms with E-state index in [1.165, 1.54) is 32.1 Å². The molecule has 0 heterocycles. The molecule has 0 saturated carbocycles. The molecule has 114 valence electrons. The van der Waals surface area contributed by atoms with E-state index in [2.05, 4.69) is 6.92 Å². The molecule has 1 aromatic rings. The highest BCUT2D eigenvalue weighted by molar-refractivity contribution is 6.17. The predicted molar refractivity (Wildman–Crippen MR) is 86.0 cm³/mol. The van der Waals surface area contributed by atoms with Gasteiger partial charge in [0.05, 0.1) is 19.1 Å². The van der Waals surface area contributed by atoms with Gasteiger partial charge in [-0.2, -0.15) is 0 Å². The lowest BCUT2D eigenvalue weighted by molar-refractivity contribution is 0.268. The van der Waals surface area contributed by atoms with Gasteiger partial charge in [-0.15, -0.1) is 11.6 Å². The van der Waals surface area contributed by atoms with Crippen LogP contribution in [0.3, 0.4) is 0 Å². The summed E-state index contributed by atoms with van der Waals surface area (Å²) in [6.07, 6.45) is 7.58. The quantitative estimate of drug-likeness (QED) is 0.393. The molecule has 0 amide bonds. The van der Waals surface area contributed by atoms with E-state index in [1.807, 2.05) is 25.1 Å². The van der Waals surface area contributed by atoms with Gasteiger partial charge < -0.3 is 9.47 Å². The minimum absolute atomic E-state index is 0.451. The zero-order valence-electron chi connectivity index (χ0n) is 12.8. The Labute approximate surface area is 128 Å². The smallest absolute Gasteiger partial charge is 0.165 e. The van der Waals surface area contributed by atoms with Gasteiger partial charge in [-0.3, -0.25) is 0 Å². The molecule has 0 spiro atoms. The second-order valence-electron chi connectivity index (χ2n) is 4.93. The first-order valence-corrected chi connectivity index (χ1v) is 8.30. The molecule has 0 fully saturated rings. The summed E-state index contributed by atoms with van der Waals surface area (Å²) in [6, 6.07) is 5.89. The van der Waals surface area contributed by atoms with Gasteiger partial charge in [0.1, 0.15) is 0 Å². The SMILES string of the molecule is CCCCCCCCOc1c(CCl)cccc1OCC. The number of ether oxygens (including phenoxy) is 2. The van der Waals surface area contributed by atoms with Crippen LogP contribution in [0.4, 0.5) is 0 Å². The summed E-state index contributed by atoms with van der Waals surface area (Å²) in [4.78, 5) is 0. The number of benzene rings is 1. The second kappa shape index (κ2) is 10.8. The van der Waals surface area contributed by atoms with Gasteiger partial charge in [0.2, 0.25) is 0 Å². The second-order valence-corrected chi connectivity index (χ2v) is 5.19. The van der Waals surface area contributed by atoms with Crippen molar-refractivity contribution in [2.45, 2.75) is 58.3 Å². The molecule has 0 N–H and O–H groups in total. The van der Waals surface area contributed by atoms with Gasteiger partial charge in [-0.1, -0.05) is 51.2 Å². The van der Waals surface area contributed by atoms with Crippen LogP contribution in [0.1, 0.15) is 57.9 Å². The van der Waals surface area contributed by atoms with E-state index >= 15 is 0 Å². The Hall–Kier alpha value is -0.890. The number of hydrogen-bond acceptors (Lipinski definition) is 2. The van der Waals surface area contributed by atoms with Crippen molar-refractivity contribution in [2.24, 2.45) is 0 Å². The number of alkyl halides is 1. The van der Waals surface area contributed by atoms with Crippen LogP contribution in [0, 0.1) is 0 Å². The summed E-state index contributed by atoms with van der Waals surface area (Å²) in [5, 5.41) is 0. The van der Waals surface area contributed by atoms with Crippen LogP contribution < -0.4 is 9.47 Å². The van der Waals surface area contributed by atoms with Crippen LogP contribution in [0.2, 0.25) is 0 Å². The fraction of sp³-hybridized carbons (Fsp3) is 0.647. The highest BCUT2D eigenvalue weighted by atomic mass is 35.5. The summed E-state index contributed by atoms with van der Waals surface area (Å²) in [5.41, 5.74) is 1.00. The minimum atomic E-state index is 0.451. The molecule has 20 heavy (non-hydrogen) atoms. The average Bonchev–Trinajstić information content (AvgIpc) is 2.47. The predicted octanol–water partition coefficient (Wildman–Crippen LogP) is 5.56. The molecule has 0 aliphatic rings. The van der Waals surface area contributed by atoms with Crippen molar-refractivity contribution in [1.82, 2.24) is 0 Å². The molecule has 0 aliphatic carbocycles. The van der Waals surface area contributed by atoms with Gasteiger partial charge in [0.15, 0.2) is 11.5 Å².